The van der Waals surface area contributed by atoms with Crippen molar-refractivity contribution >= 4 is 97.0 Å². The number of fused-ring (bicyclic) bond motifs is 11. The Morgan fingerprint density at radius 3 is 1.10 bits per heavy atom. The van der Waals surface area contributed by atoms with Gasteiger partial charge in [-0.3, -0.25) is 0 Å². The average Bonchev–Trinajstić information content (AvgIpc) is 3.78. The molecule has 0 aromatic heterocycles. The molecule has 0 aliphatic carbocycles. The summed E-state index contributed by atoms with van der Waals surface area (Å²) in [6, 6.07) is 46.3. The van der Waals surface area contributed by atoms with E-state index in [-0.39, 0.29) is 0 Å². The molecule has 0 unspecified atom stereocenters. The lowest BCUT2D eigenvalue weighted by Gasteiger charge is -2.25. The summed E-state index contributed by atoms with van der Waals surface area (Å²) in [5.41, 5.74) is 15.1. The fourth-order valence-electron chi connectivity index (χ4n) is 11.9. The number of hydrogen-bond acceptors (Lipinski definition) is 2. The molecule has 0 spiro atoms. The van der Waals surface area contributed by atoms with Gasteiger partial charge in [0.15, 0.2) is 0 Å². The van der Waals surface area contributed by atoms with E-state index in [9.17, 15) is 10.5 Å². The highest BCUT2D eigenvalue weighted by atomic mass is 14.3. The van der Waals surface area contributed by atoms with Gasteiger partial charge in [-0.05, 0) is 243 Å². The van der Waals surface area contributed by atoms with Crippen LogP contribution in [0.4, 0.5) is 0 Å². The van der Waals surface area contributed by atoms with Gasteiger partial charge in [0.2, 0.25) is 0 Å². The number of hydrogen-bond donors (Lipinski definition) is 0. The van der Waals surface area contributed by atoms with Crippen molar-refractivity contribution in [3.8, 4) is 34.4 Å². The molecular formula is C60H42N2. The van der Waals surface area contributed by atoms with Crippen molar-refractivity contribution < 1.29 is 0 Å². The summed E-state index contributed by atoms with van der Waals surface area (Å²) in [6.45, 7) is 17.4. The first-order valence-corrected chi connectivity index (χ1v) is 21.6. The summed E-state index contributed by atoms with van der Waals surface area (Å²) < 4.78 is 0. The lowest BCUT2D eigenvalue weighted by Crippen LogP contribution is -2.03. The van der Waals surface area contributed by atoms with E-state index < -0.39 is 0 Å². The molecule has 2 nitrogen and oxygen atoms in total. The topological polar surface area (TPSA) is 47.6 Å². The molecule has 12 aromatic rings. The Labute approximate surface area is 360 Å². The van der Waals surface area contributed by atoms with Gasteiger partial charge in [0, 0.05) is 0 Å². The summed E-state index contributed by atoms with van der Waals surface area (Å²) in [6.07, 6.45) is 0. The standard InChI is InChI=1S/C60H42N2/c1-29-33(5)53(34(6)30(2)51(29)27-61)58-49-26-46-45(43-21-13-19-41-39-17-11-9-15-37(39)23-47(46)55(41)43)25-48(49)59(54-35(7)31(3)52(28-62)32(4)36(54)8)60-50-24-38-16-10-12-18-40(38)42-20-14-22-44(56(42)50)57(58)60/h9-26H,1-8H3. The van der Waals surface area contributed by atoms with Gasteiger partial charge in [0.05, 0.1) is 23.3 Å². The van der Waals surface area contributed by atoms with E-state index >= 15 is 0 Å². The number of nitrogens with zero attached hydrogens (tertiary/aromatic N) is 2. The molecule has 0 saturated carbocycles. The maximum Gasteiger partial charge on any atom is 0.0997 e. The highest BCUT2D eigenvalue weighted by Crippen LogP contribution is 2.56. The van der Waals surface area contributed by atoms with Crippen molar-refractivity contribution in [3.05, 3.63) is 165 Å². The Hall–Kier alpha value is -7.52. The van der Waals surface area contributed by atoms with E-state index in [0.29, 0.717) is 0 Å². The van der Waals surface area contributed by atoms with E-state index in [4.69, 9.17) is 0 Å². The molecule has 12 aromatic carbocycles. The van der Waals surface area contributed by atoms with Crippen molar-refractivity contribution in [2.24, 2.45) is 0 Å². The van der Waals surface area contributed by atoms with Crippen LogP contribution in [0.3, 0.4) is 0 Å². The van der Waals surface area contributed by atoms with Crippen LogP contribution in [0.2, 0.25) is 0 Å². The molecule has 0 bridgehead atoms. The van der Waals surface area contributed by atoms with Crippen molar-refractivity contribution in [2.45, 2.75) is 55.4 Å². The lowest BCUT2D eigenvalue weighted by atomic mass is 9.78. The fraction of sp³-hybridized carbons (Fsp3) is 0.133. The minimum Gasteiger partial charge on any atom is -0.192 e. The van der Waals surface area contributed by atoms with Gasteiger partial charge in [-0.15, -0.1) is 0 Å². The van der Waals surface area contributed by atoms with Crippen LogP contribution >= 0.6 is 0 Å². The van der Waals surface area contributed by atoms with Gasteiger partial charge >= 0.3 is 0 Å². The highest BCUT2D eigenvalue weighted by Gasteiger charge is 2.30. The Bertz CT molecular complexity index is 4070. The van der Waals surface area contributed by atoms with E-state index in [1.165, 1.54) is 119 Å². The van der Waals surface area contributed by atoms with Crippen LogP contribution in [-0.2, 0) is 0 Å². The second kappa shape index (κ2) is 12.5. The first-order valence-electron chi connectivity index (χ1n) is 21.6. The van der Waals surface area contributed by atoms with Gasteiger partial charge in [-0.25, -0.2) is 0 Å². The van der Waals surface area contributed by atoms with Crippen LogP contribution in [-0.4, -0.2) is 0 Å². The minimum atomic E-state index is 0.766. The zero-order valence-electron chi connectivity index (χ0n) is 36.3. The molecule has 292 valence electrons. The minimum absolute atomic E-state index is 0.766. The second-order valence-electron chi connectivity index (χ2n) is 17.9. The van der Waals surface area contributed by atoms with Gasteiger partial charge in [0.1, 0.15) is 0 Å². The van der Waals surface area contributed by atoms with Crippen LogP contribution in [0.25, 0.3) is 119 Å². The van der Waals surface area contributed by atoms with Crippen LogP contribution in [0.5, 0.6) is 0 Å². The summed E-state index contributed by atoms with van der Waals surface area (Å²) >= 11 is 0. The predicted octanol–water partition coefficient (Wildman–Crippen LogP) is 16.5. The maximum atomic E-state index is 10.5. The lowest BCUT2D eigenvalue weighted by molar-refractivity contribution is 1.22. The Balaban J connectivity index is 1.46. The number of nitriles is 2. The Morgan fingerprint density at radius 1 is 0.274 bits per heavy atom. The molecule has 0 aliphatic rings. The molecule has 12 rings (SSSR count). The predicted molar refractivity (Wildman–Crippen MR) is 265 cm³/mol. The van der Waals surface area contributed by atoms with E-state index in [1.54, 1.807) is 0 Å². The van der Waals surface area contributed by atoms with E-state index in [2.05, 4.69) is 177 Å². The molecule has 0 heterocycles. The SMILES string of the molecule is Cc1c(C)c(-c2c3cc4c(cc3c(-c3c(C)c(C)c(C#N)c(C)c3C)c3c5cc6ccccc6c6cccc(c23)c65)c2cccc3c5ccccc5cc4c32)c(C)c(C)c1C#N. The molecule has 0 atom stereocenters. The third-order valence-electron chi connectivity index (χ3n) is 15.3. The molecule has 0 radical (unpaired) electrons. The second-order valence-corrected chi connectivity index (χ2v) is 17.9. The van der Waals surface area contributed by atoms with Gasteiger partial charge in [-0.1, -0.05) is 84.9 Å². The number of benzene rings is 10. The first-order chi connectivity index (χ1) is 30.0. The van der Waals surface area contributed by atoms with Crippen molar-refractivity contribution in [1.82, 2.24) is 0 Å². The molecule has 62 heavy (non-hydrogen) atoms. The average molecular weight is 791 g/mol. The van der Waals surface area contributed by atoms with Gasteiger partial charge < -0.3 is 0 Å². The summed E-state index contributed by atoms with van der Waals surface area (Å²) in [7, 11) is 0. The molecule has 0 saturated heterocycles. The third kappa shape index (κ3) is 4.37. The summed E-state index contributed by atoms with van der Waals surface area (Å²) in [5, 5.41) is 43.6. The molecule has 0 N–H and O–H groups in total. The van der Waals surface area contributed by atoms with Crippen LogP contribution < -0.4 is 0 Å². The molecule has 0 aliphatic heterocycles. The summed E-state index contributed by atoms with van der Waals surface area (Å²) in [5.74, 6) is 0. The Morgan fingerprint density at radius 2 is 0.629 bits per heavy atom. The van der Waals surface area contributed by atoms with Crippen molar-refractivity contribution in [3.63, 3.8) is 0 Å². The molecular weight excluding hydrogens is 749 g/mol. The summed E-state index contributed by atoms with van der Waals surface area (Å²) in [4.78, 5) is 0. The third-order valence-corrected chi connectivity index (χ3v) is 15.3. The molecule has 0 amide bonds. The van der Waals surface area contributed by atoms with Gasteiger partial charge in [-0.2, -0.15) is 10.5 Å². The molecule has 0 fully saturated rings. The first kappa shape index (κ1) is 36.3. The highest BCUT2D eigenvalue weighted by molar-refractivity contribution is 6.44. The van der Waals surface area contributed by atoms with E-state index in [1.807, 2.05) is 0 Å². The number of rotatable bonds is 2. The maximum absolute atomic E-state index is 10.5. The zero-order valence-corrected chi connectivity index (χ0v) is 36.3. The Kier molecular flexibility index (Phi) is 7.34. The van der Waals surface area contributed by atoms with Crippen LogP contribution in [0.15, 0.2) is 109 Å². The quantitative estimate of drug-likeness (QED) is 0.164. The van der Waals surface area contributed by atoms with Crippen molar-refractivity contribution in [2.75, 3.05) is 0 Å². The van der Waals surface area contributed by atoms with Crippen molar-refractivity contribution in [1.29, 1.82) is 10.5 Å². The zero-order chi connectivity index (χ0) is 42.6. The molecule has 2 heteroatoms. The van der Waals surface area contributed by atoms with E-state index in [0.717, 1.165) is 55.6 Å². The van der Waals surface area contributed by atoms with Crippen LogP contribution in [0.1, 0.15) is 55.6 Å². The largest absolute Gasteiger partial charge is 0.192 e. The normalized spacial score (nSPS) is 12.2. The fourth-order valence-corrected chi connectivity index (χ4v) is 11.9. The van der Waals surface area contributed by atoms with Gasteiger partial charge in [0.25, 0.3) is 0 Å². The monoisotopic (exact) mass is 790 g/mol. The smallest absolute Gasteiger partial charge is 0.0997 e. The van der Waals surface area contributed by atoms with Crippen LogP contribution in [0, 0.1) is 78.1 Å².